The third kappa shape index (κ3) is 3.58. The van der Waals surface area contributed by atoms with Gasteiger partial charge in [-0.05, 0) is 13.8 Å². The molecule has 0 aliphatic carbocycles. The van der Waals surface area contributed by atoms with E-state index in [-0.39, 0.29) is 6.61 Å². The van der Waals surface area contributed by atoms with Gasteiger partial charge in [0.15, 0.2) is 36.2 Å². The van der Waals surface area contributed by atoms with E-state index in [0.717, 1.165) is 0 Å². The van der Waals surface area contributed by atoms with Gasteiger partial charge < -0.3 is 23.7 Å². The fraction of sp³-hybridized carbons (Fsp3) is 0.769. The van der Waals surface area contributed by atoms with Gasteiger partial charge in [0.05, 0.1) is 0 Å². The van der Waals surface area contributed by atoms with E-state index in [1.165, 1.54) is 13.8 Å². The van der Waals surface area contributed by atoms with Crippen molar-refractivity contribution in [2.24, 2.45) is 0 Å². The predicted molar refractivity (Wildman–Crippen MR) is 65.9 cm³/mol. The Labute approximate surface area is 121 Å². The van der Waals surface area contributed by atoms with Crippen molar-refractivity contribution in [2.75, 3.05) is 6.61 Å². The van der Waals surface area contributed by atoms with Gasteiger partial charge in [0.25, 0.3) is 0 Å². The maximum atomic E-state index is 12.3. The van der Waals surface area contributed by atoms with Crippen LogP contribution < -0.4 is 0 Å². The quantitative estimate of drug-likeness (QED) is 0.665. The third-order valence-electron chi connectivity index (χ3n) is 3.01. The molecule has 8 heteroatoms. The van der Waals surface area contributed by atoms with Crippen LogP contribution in [0.1, 0.15) is 27.7 Å². The molecule has 0 aromatic rings. The van der Waals surface area contributed by atoms with Gasteiger partial charge in [-0.2, -0.15) is 0 Å². The van der Waals surface area contributed by atoms with Crippen molar-refractivity contribution < 1.29 is 38.1 Å². The summed E-state index contributed by atoms with van der Waals surface area (Å²) < 4.78 is 26.2. The molecule has 0 aromatic carbocycles. The van der Waals surface area contributed by atoms with Crippen LogP contribution in [0.15, 0.2) is 0 Å². The van der Waals surface area contributed by atoms with E-state index in [2.05, 4.69) is 0 Å². The van der Waals surface area contributed by atoms with Gasteiger partial charge in [0.2, 0.25) is 0 Å². The van der Waals surface area contributed by atoms with E-state index < -0.39 is 48.1 Å². The third-order valence-corrected chi connectivity index (χ3v) is 3.01. The van der Waals surface area contributed by atoms with Crippen molar-refractivity contribution in [1.82, 2.24) is 0 Å². The van der Waals surface area contributed by atoms with Crippen LogP contribution in [0.5, 0.6) is 0 Å². The molecule has 0 N–H and O–H groups in total. The summed E-state index contributed by atoms with van der Waals surface area (Å²) in [6, 6.07) is 0. The zero-order valence-electron chi connectivity index (χ0n) is 12.3. The second-order valence-corrected chi connectivity index (χ2v) is 5.33. The molecule has 4 atom stereocenters. The lowest BCUT2D eigenvalue weighted by molar-refractivity contribution is -0.218. The molecule has 4 unspecified atom stereocenters. The van der Waals surface area contributed by atoms with Crippen LogP contribution in [0.3, 0.4) is 0 Å². The Balaban J connectivity index is 2.06. The second kappa shape index (κ2) is 5.70. The van der Waals surface area contributed by atoms with E-state index >= 15 is 0 Å². The molecular weight excluding hydrogens is 284 g/mol. The number of carbonyl (C=O) groups is 3. The fourth-order valence-electron chi connectivity index (χ4n) is 2.26. The number of ketones is 1. The molecule has 0 aromatic heterocycles. The second-order valence-electron chi connectivity index (χ2n) is 5.33. The van der Waals surface area contributed by atoms with E-state index in [9.17, 15) is 14.4 Å². The highest BCUT2D eigenvalue weighted by molar-refractivity contribution is 5.90. The molecule has 21 heavy (non-hydrogen) atoms. The number of esters is 2. The first-order valence-corrected chi connectivity index (χ1v) is 6.55. The Morgan fingerprint density at radius 3 is 2.43 bits per heavy atom. The standard InChI is InChI=1S/C13H18O8/c1-6(14)17-5-8(18-7(2)15)10-9(16)11-12(19-10)21-13(3,4)20-11/h8,10-12H,5H2,1-4H3. The summed E-state index contributed by atoms with van der Waals surface area (Å²) in [5.74, 6) is -2.47. The van der Waals surface area contributed by atoms with Crippen molar-refractivity contribution in [3.05, 3.63) is 0 Å². The molecule has 118 valence electrons. The lowest BCUT2D eigenvalue weighted by atomic mass is 10.1. The first-order valence-electron chi connectivity index (χ1n) is 6.55. The van der Waals surface area contributed by atoms with Gasteiger partial charge in [-0.15, -0.1) is 0 Å². The highest BCUT2D eigenvalue weighted by Crippen LogP contribution is 2.36. The van der Waals surface area contributed by atoms with E-state index in [1.807, 2.05) is 0 Å². The van der Waals surface area contributed by atoms with E-state index in [1.54, 1.807) is 13.8 Å². The fourth-order valence-corrected chi connectivity index (χ4v) is 2.26. The predicted octanol–water partition coefficient (Wildman–Crippen LogP) is -0.0733. The number of ether oxygens (including phenoxy) is 5. The zero-order valence-corrected chi connectivity index (χ0v) is 12.3. The topological polar surface area (TPSA) is 97.4 Å². The van der Waals surface area contributed by atoms with Crippen LogP contribution >= 0.6 is 0 Å². The van der Waals surface area contributed by atoms with Crippen LogP contribution in [0, 0.1) is 0 Å². The number of fused-ring (bicyclic) bond motifs is 1. The van der Waals surface area contributed by atoms with Gasteiger partial charge in [-0.25, -0.2) is 0 Å². The largest absolute Gasteiger partial charge is 0.462 e. The molecule has 0 amide bonds. The summed E-state index contributed by atoms with van der Waals surface area (Å²) in [5, 5.41) is 0. The van der Waals surface area contributed by atoms with Crippen LogP contribution in [0.4, 0.5) is 0 Å². The first-order chi connectivity index (χ1) is 9.69. The molecule has 0 radical (unpaired) electrons. The minimum atomic E-state index is -1.08. The normalized spacial score (nSPS) is 31.6. The smallest absolute Gasteiger partial charge is 0.303 e. The van der Waals surface area contributed by atoms with Crippen molar-refractivity contribution in [3.8, 4) is 0 Å². The highest BCUT2D eigenvalue weighted by Gasteiger charge is 2.56. The molecular formula is C13H18O8. The summed E-state index contributed by atoms with van der Waals surface area (Å²) in [6.45, 7) is 5.47. The zero-order chi connectivity index (χ0) is 15.8. The average molecular weight is 302 g/mol. The summed E-state index contributed by atoms with van der Waals surface area (Å²) in [6.07, 6.45) is -3.84. The summed E-state index contributed by atoms with van der Waals surface area (Å²) in [5.41, 5.74) is 0. The number of rotatable bonds is 4. The number of Topliss-reactive ketones (excluding diaryl/α,β-unsaturated/α-hetero) is 1. The molecule has 8 nitrogen and oxygen atoms in total. The van der Waals surface area contributed by atoms with Gasteiger partial charge in [0.1, 0.15) is 6.61 Å². The van der Waals surface area contributed by atoms with Crippen molar-refractivity contribution in [1.29, 1.82) is 0 Å². The van der Waals surface area contributed by atoms with Gasteiger partial charge in [0, 0.05) is 13.8 Å². The van der Waals surface area contributed by atoms with Crippen LogP contribution in [0.25, 0.3) is 0 Å². The Hall–Kier alpha value is -1.51. The minimum absolute atomic E-state index is 0.270. The first kappa shape index (κ1) is 15.9. The molecule has 2 fully saturated rings. The molecule has 0 bridgehead atoms. The van der Waals surface area contributed by atoms with Gasteiger partial charge in [-0.3, -0.25) is 14.4 Å². The molecule has 0 saturated carbocycles. The molecule has 2 aliphatic rings. The van der Waals surface area contributed by atoms with Crippen LogP contribution in [0.2, 0.25) is 0 Å². The SMILES string of the molecule is CC(=O)OCC(OC(C)=O)C1OC2OC(C)(C)OC2C1=O. The maximum Gasteiger partial charge on any atom is 0.303 e. The van der Waals surface area contributed by atoms with Crippen molar-refractivity contribution >= 4 is 17.7 Å². The van der Waals surface area contributed by atoms with Crippen molar-refractivity contribution in [2.45, 2.75) is 58.1 Å². The molecule has 2 heterocycles. The molecule has 2 rings (SSSR count). The molecule has 2 aliphatic heterocycles. The summed E-state index contributed by atoms with van der Waals surface area (Å²) in [4.78, 5) is 34.3. The Bertz CT molecular complexity index is 457. The molecule has 2 saturated heterocycles. The van der Waals surface area contributed by atoms with Crippen LogP contribution in [-0.4, -0.2) is 54.7 Å². The average Bonchev–Trinajstić information content (AvgIpc) is 2.78. The van der Waals surface area contributed by atoms with Crippen molar-refractivity contribution in [3.63, 3.8) is 0 Å². The van der Waals surface area contributed by atoms with Gasteiger partial charge >= 0.3 is 11.9 Å². The maximum absolute atomic E-state index is 12.3. The highest BCUT2D eigenvalue weighted by atomic mass is 16.8. The molecule has 0 spiro atoms. The lowest BCUT2D eigenvalue weighted by Gasteiger charge is -2.24. The summed E-state index contributed by atoms with van der Waals surface area (Å²) >= 11 is 0. The van der Waals surface area contributed by atoms with E-state index in [4.69, 9.17) is 23.7 Å². The Morgan fingerprint density at radius 2 is 1.90 bits per heavy atom. The summed E-state index contributed by atoms with van der Waals surface area (Å²) in [7, 11) is 0. The minimum Gasteiger partial charge on any atom is -0.462 e. The number of carbonyl (C=O) groups excluding carboxylic acids is 3. The lowest BCUT2D eigenvalue weighted by Crippen LogP contribution is -2.42. The van der Waals surface area contributed by atoms with Crippen LogP contribution in [-0.2, 0) is 38.1 Å². The van der Waals surface area contributed by atoms with Gasteiger partial charge in [-0.1, -0.05) is 0 Å². The number of hydrogen-bond donors (Lipinski definition) is 0. The van der Waals surface area contributed by atoms with E-state index in [0.29, 0.717) is 0 Å². The Morgan fingerprint density at radius 1 is 1.24 bits per heavy atom. The Kier molecular flexibility index (Phi) is 4.31. The number of hydrogen-bond acceptors (Lipinski definition) is 8. The monoisotopic (exact) mass is 302 g/mol.